The van der Waals surface area contributed by atoms with Gasteiger partial charge in [-0.3, -0.25) is 0 Å². The average Bonchev–Trinajstić information content (AvgIpc) is 2.26. The molecule has 4 N–H and O–H groups in total. The standard InChI is InChI=1S/C12H21N5O2/c1-6(2)19-11-16-9(13)15-10(17-11)14-7-5-8(18)12(7,3)4/h6-8,18H,5H2,1-4H3,(H3,13,14,15,16,17). The zero-order chi connectivity index (χ0) is 14.2. The molecule has 0 saturated heterocycles. The number of nitrogens with one attached hydrogen (secondary N) is 1. The van der Waals surface area contributed by atoms with Gasteiger partial charge in [-0.15, -0.1) is 0 Å². The number of nitrogens with two attached hydrogens (primary N) is 1. The number of nitrogens with zero attached hydrogens (tertiary/aromatic N) is 3. The molecule has 2 atom stereocenters. The first-order valence-electron chi connectivity index (χ1n) is 6.42. The monoisotopic (exact) mass is 267 g/mol. The van der Waals surface area contributed by atoms with E-state index in [0.717, 1.165) is 0 Å². The van der Waals surface area contributed by atoms with E-state index in [-0.39, 0.29) is 35.6 Å². The first kappa shape index (κ1) is 13.8. The summed E-state index contributed by atoms with van der Waals surface area (Å²) >= 11 is 0. The molecule has 0 amide bonds. The Kier molecular flexibility index (Phi) is 3.49. The Bertz CT molecular complexity index is 463. The lowest BCUT2D eigenvalue weighted by Crippen LogP contribution is -2.57. The molecule has 0 aromatic carbocycles. The number of aliphatic hydroxyl groups is 1. The Morgan fingerprint density at radius 3 is 2.58 bits per heavy atom. The summed E-state index contributed by atoms with van der Waals surface area (Å²) in [5.41, 5.74) is 5.43. The molecule has 0 radical (unpaired) electrons. The minimum atomic E-state index is -0.310. The highest BCUT2D eigenvalue weighted by Gasteiger charge is 2.47. The molecule has 1 aromatic rings. The zero-order valence-corrected chi connectivity index (χ0v) is 11.7. The second-order valence-corrected chi connectivity index (χ2v) is 5.74. The first-order chi connectivity index (χ1) is 8.79. The fourth-order valence-electron chi connectivity index (χ4n) is 2.00. The van der Waals surface area contributed by atoms with Crippen molar-refractivity contribution in [2.75, 3.05) is 11.1 Å². The van der Waals surface area contributed by atoms with Gasteiger partial charge in [0.05, 0.1) is 12.2 Å². The Balaban J connectivity index is 2.10. The van der Waals surface area contributed by atoms with E-state index < -0.39 is 0 Å². The number of nitrogen functional groups attached to an aromatic ring is 1. The van der Waals surface area contributed by atoms with Crippen LogP contribution in [-0.4, -0.2) is 38.3 Å². The van der Waals surface area contributed by atoms with Gasteiger partial charge in [-0.05, 0) is 20.3 Å². The smallest absolute Gasteiger partial charge is 0.323 e. The predicted molar refractivity (Wildman–Crippen MR) is 71.8 cm³/mol. The normalized spacial score (nSPS) is 24.9. The summed E-state index contributed by atoms with van der Waals surface area (Å²) in [6.45, 7) is 7.76. The van der Waals surface area contributed by atoms with E-state index in [1.165, 1.54) is 0 Å². The molecule has 1 aliphatic rings. The van der Waals surface area contributed by atoms with Crippen LogP contribution in [0, 0.1) is 5.41 Å². The molecule has 1 saturated carbocycles. The summed E-state index contributed by atoms with van der Waals surface area (Å²) in [6.07, 6.45) is 0.325. The molecule has 1 heterocycles. The molecular formula is C12H21N5O2. The van der Waals surface area contributed by atoms with Gasteiger partial charge in [0.25, 0.3) is 0 Å². The van der Waals surface area contributed by atoms with Crippen LogP contribution in [0.4, 0.5) is 11.9 Å². The third-order valence-electron chi connectivity index (χ3n) is 3.49. The van der Waals surface area contributed by atoms with Crippen molar-refractivity contribution < 1.29 is 9.84 Å². The highest BCUT2D eigenvalue weighted by Crippen LogP contribution is 2.41. The minimum absolute atomic E-state index is 0.0309. The van der Waals surface area contributed by atoms with E-state index in [9.17, 15) is 5.11 Å². The van der Waals surface area contributed by atoms with Crippen molar-refractivity contribution in [3.8, 4) is 6.01 Å². The van der Waals surface area contributed by atoms with Crippen LogP contribution in [0.15, 0.2) is 0 Å². The molecule has 19 heavy (non-hydrogen) atoms. The van der Waals surface area contributed by atoms with E-state index >= 15 is 0 Å². The van der Waals surface area contributed by atoms with E-state index in [2.05, 4.69) is 20.3 Å². The molecule has 2 rings (SSSR count). The third-order valence-corrected chi connectivity index (χ3v) is 3.49. The van der Waals surface area contributed by atoms with Crippen LogP contribution in [0.5, 0.6) is 6.01 Å². The number of hydrogen-bond acceptors (Lipinski definition) is 7. The Morgan fingerprint density at radius 1 is 1.37 bits per heavy atom. The lowest BCUT2D eigenvalue weighted by atomic mass is 9.65. The summed E-state index contributed by atoms with van der Waals surface area (Å²) in [6, 6.07) is 0.318. The minimum Gasteiger partial charge on any atom is -0.461 e. The maximum Gasteiger partial charge on any atom is 0.323 e. The van der Waals surface area contributed by atoms with Gasteiger partial charge < -0.3 is 20.9 Å². The Morgan fingerprint density at radius 2 is 2.05 bits per heavy atom. The van der Waals surface area contributed by atoms with Gasteiger partial charge in [0, 0.05) is 11.5 Å². The van der Waals surface area contributed by atoms with Crippen LogP contribution < -0.4 is 15.8 Å². The Hall–Kier alpha value is -1.63. The number of aromatic nitrogens is 3. The number of anilines is 2. The molecule has 7 heteroatoms. The quantitative estimate of drug-likeness (QED) is 0.741. The molecule has 7 nitrogen and oxygen atoms in total. The molecule has 1 aliphatic carbocycles. The summed E-state index contributed by atoms with van der Waals surface area (Å²) < 4.78 is 5.41. The Labute approximate surface area is 112 Å². The van der Waals surface area contributed by atoms with Crippen LogP contribution in [0.3, 0.4) is 0 Å². The first-order valence-corrected chi connectivity index (χ1v) is 6.42. The number of hydrogen-bond donors (Lipinski definition) is 3. The highest BCUT2D eigenvalue weighted by molar-refractivity contribution is 5.35. The van der Waals surface area contributed by atoms with Crippen LogP contribution in [0.2, 0.25) is 0 Å². The van der Waals surface area contributed by atoms with Gasteiger partial charge in [0.1, 0.15) is 0 Å². The van der Waals surface area contributed by atoms with Gasteiger partial charge in [0.15, 0.2) is 0 Å². The maximum absolute atomic E-state index is 9.71. The molecule has 106 valence electrons. The van der Waals surface area contributed by atoms with Gasteiger partial charge in [-0.25, -0.2) is 0 Å². The van der Waals surface area contributed by atoms with Crippen molar-refractivity contribution in [3.63, 3.8) is 0 Å². The number of aliphatic hydroxyl groups excluding tert-OH is 1. The average molecular weight is 267 g/mol. The maximum atomic E-state index is 9.71. The molecule has 1 aromatic heterocycles. The largest absolute Gasteiger partial charge is 0.461 e. The topological polar surface area (TPSA) is 106 Å². The second kappa shape index (κ2) is 4.80. The van der Waals surface area contributed by atoms with Crippen LogP contribution in [-0.2, 0) is 0 Å². The molecule has 0 bridgehead atoms. The third kappa shape index (κ3) is 2.86. The van der Waals surface area contributed by atoms with E-state index in [0.29, 0.717) is 12.4 Å². The van der Waals surface area contributed by atoms with Gasteiger partial charge >= 0.3 is 6.01 Å². The molecular weight excluding hydrogens is 246 g/mol. The molecule has 0 spiro atoms. The highest BCUT2D eigenvalue weighted by atomic mass is 16.5. The van der Waals surface area contributed by atoms with E-state index in [1.54, 1.807) is 0 Å². The fourth-order valence-corrected chi connectivity index (χ4v) is 2.00. The van der Waals surface area contributed by atoms with Crippen molar-refractivity contribution in [3.05, 3.63) is 0 Å². The number of rotatable bonds is 4. The number of ether oxygens (including phenoxy) is 1. The van der Waals surface area contributed by atoms with Crippen molar-refractivity contribution in [2.24, 2.45) is 5.41 Å². The van der Waals surface area contributed by atoms with Crippen LogP contribution >= 0.6 is 0 Å². The van der Waals surface area contributed by atoms with Crippen molar-refractivity contribution in [1.82, 2.24) is 15.0 Å². The summed E-state index contributed by atoms with van der Waals surface area (Å²) in [5.74, 6) is 0.499. The summed E-state index contributed by atoms with van der Waals surface area (Å²) in [7, 11) is 0. The lowest BCUT2D eigenvalue weighted by Gasteiger charge is -2.49. The van der Waals surface area contributed by atoms with Crippen molar-refractivity contribution >= 4 is 11.9 Å². The summed E-state index contributed by atoms with van der Waals surface area (Å²) in [5, 5.41) is 12.9. The van der Waals surface area contributed by atoms with Crippen molar-refractivity contribution in [2.45, 2.75) is 52.4 Å². The molecule has 0 aliphatic heterocycles. The molecule has 2 unspecified atom stereocenters. The molecule has 1 fully saturated rings. The van der Waals surface area contributed by atoms with Gasteiger partial charge in [-0.2, -0.15) is 15.0 Å². The van der Waals surface area contributed by atoms with E-state index in [1.807, 2.05) is 27.7 Å². The van der Waals surface area contributed by atoms with Crippen LogP contribution in [0.1, 0.15) is 34.1 Å². The predicted octanol–water partition coefficient (Wildman–Crippen LogP) is 0.812. The van der Waals surface area contributed by atoms with Gasteiger partial charge in [0.2, 0.25) is 11.9 Å². The zero-order valence-electron chi connectivity index (χ0n) is 11.7. The summed E-state index contributed by atoms with van der Waals surface area (Å²) in [4.78, 5) is 12.1. The van der Waals surface area contributed by atoms with Gasteiger partial charge in [-0.1, -0.05) is 13.8 Å². The lowest BCUT2D eigenvalue weighted by molar-refractivity contribution is -0.0513. The van der Waals surface area contributed by atoms with Crippen molar-refractivity contribution in [1.29, 1.82) is 0 Å². The van der Waals surface area contributed by atoms with Crippen LogP contribution in [0.25, 0.3) is 0 Å². The van der Waals surface area contributed by atoms with E-state index in [4.69, 9.17) is 10.5 Å². The fraction of sp³-hybridized carbons (Fsp3) is 0.750. The second-order valence-electron chi connectivity index (χ2n) is 5.74. The SMILES string of the molecule is CC(C)Oc1nc(N)nc(NC2CC(O)C2(C)C)n1.